The first-order valence-corrected chi connectivity index (χ1v) is 11.4. The molecule has 1 N–H and O–H groups in total. The maximum Gasteiger partial charge on any atom is 0.336 e. The predicted molar refractivity (Wildman–Crippen MR) is 141 cm³/mol. The van der Waals surface area contributed by atoms with Gasteiger partial charge in [0.1, 0.15) is 0 Å². The Morgan fingerprint density at radius 1 is 0.514 bits per heavy atom. The fourth-order valence-corrected chi connectivity index (χ4v) is 4.97. The van der Waals surface area contributed by atoms with Crippen molar-refractivity contribution in [3.05, 3.63) is 132 Å². The second-order valence-electron chi connectivity index (χ2n) is 8.62. The van der Waals surface area contributed by atoms with E-state index in [1.54, 1.807) is 12.1 Å². The average molecular weight is 453 g/mol. The van der Waals surface area contributed by atoms with Crippen LogP contribution in [0, 0.1) is 0 Å². The SMILES string of the molecule is O=C(O)c1cccc2cc3ccccc3cc12.O=C1c2ccccc2-c2cccc3cccc1c23. The van der Waals surface area contributed by atoms with Crippen molar-refractivity contribution < 1.29 is 14.7 Å². The van der Waals surface area contributed by atoms with Gasteiger partial charge in [0.25, 0.3) is 0 Å². The maximum atomic E-state index is 12.5. The molecule has 6 aromatic carbocycles. The van der Waals surface area contributed by atoms with Gasteiger partial charge in [-0.1, -0.05) is 97.1 Å². The van der Waals surface area contributed by atoms with Gasteiger partial charge in [-0.25, -0.2) is 4.79 Å². The fourth-order valence-electron chi connectivity index (χ4n) is 4.97. The number of benzene rings is 6. The highest BCUT2D eigenvalue weighted by Crippen LogP contribution is 2.38. The molecule has 0 amide bonds. The lowest BCUT2D eigenvalue weighted by Gasteiger charge is -2.19. The number of aromatic carboxylic acids is 1. The van der Waals surface area contributed by atoms with Crippen molar-refractivity contribution in [1.29, 1.82) is 0 Å². The predicted octanol–water partition coefficient (Wildman–Crippen LogP) is 7.74. The van der Waals surface area contributed by atoms with E-state index in [2.05, 4.69) is 18.2 Å². The smallest absolute Gasteiger partial charge is 0.336 e. The number of rotatable bonds is 1. The van der Waals surface area contributed by atoms with E-state index in [1.165, 1.54) is 5.56 Å². The molecular weight excluding hydrogens is 432 g/mol. The third-order valence-electron chi connectivity index (χ3n) is 6.59. The average Bonchev–Trinajstić information content (AvgIpc) is 2.90. The van der Waals surface area contributed by atoms with Crippen LogP contribution in [0.1, 0.15) is 26.3 Å². The molecule has 0 atom stereocenters. The van der Waals surface area contributed by atoms with Crippen LogP contribution in [-0.2, 0) is 0 Å². The highest BCUT2D eigenvalue weighted by Gasteiger charge is 2.23. The van der Waals surface area contributed by atoms with Crippen molar-refractivity contribution in [2.45, 2.75) is 0 Å². The van der Waals surface area contributed by atoms with Crippen molar-refractivity contribution in [2.24, 2.45) is 0 Å². The lowest BCUT2D eigenvalue weighted by atomic mass is 9.83. The first-order chi connectivity index (χ1) is 17.1. The van der Waals surface area contributed by atoms with Gasteiger partial charge in [-0.05, 0) is 56.3 Å². The van der Waals surface area contributed by atoms with E-state index < -0.39 is 5.97 Å². The normalized spacial score (nSPS) is 11.7. The van der Waals surface area contributed by atoms with Gasteiger partial charge in [0.05, 0.1) is 5.56 Å². The molecule has 0 heterocycles. The Kier molecular flexibility index (Phi) is 4.89. The van der Waals surface area contributed by atoms with Crippen molar-refractivity contribution in [3.63, 3.8) is 0 Å². The Balaban J connectivity index is 0.000000131. The van der Waals surface area contributed by atoms with Gasteiger partial charge in [0.15, 0.2) is 5.78 Å². The topological polar surface area (TPSA) is 54.4 Å². The molecule has 0 unspecified atom stereocenters. The summed E-state index contributed by atoms with van der Waals surface area (Å²) < 4.78 is 0. The molecule has 3 heteroatoms. The number of hydrogen-bond acceptors (Lipinski definition) is 2. The molecule has 3 nitrogen and oxygen atoms in total. The van der Waals surface area contributed by atoms with Crippen LogP contribution in [0.25, 0.3) is 43.4 Å². The molecule has 1 aliphatic carbocycles. The van der Waals surface area contributed by atoms with Crippen molar-refractivity contribution in [1.82, 2.24) is 0 Å². The highest BCUT2D eigenvalue weighted by atomic mass is 16.4. The number of carboxylic acids is 1. The second-order valence-corrected chi connectivity index (χ2v) is 8.62. The van der Waals surface area contributed by atoms with E-state index in [1.807, 2.05) is 84.9 Å². The molecule has 166 valence electrons. The highest BCUT2D eigenvalue weighted by molar-refractivity contribution is 6.25. The van der Waals surface area contributed by atoms with E-state index in [0.717, 1.165) is 49.0 Å². The molecule has 35 heavy (non-hydrogen) atoms. The van der Waals surface area contributed by atoms with E-state index in [4.69, 9.17) is 5.11 Å². The van der Waals surface area contributed by atoms with Gasteiger partial charge in [0.2, 0.25) is 0 Å². The third-order valence-corrected chi connectivity index (χ3v) is 6.59. The molecular formula is C32H20O3. The van der Waals surface area contributed by atoms with Crippen LogP contribution in [0.2, 0.25) is 0 Å². The molecule has 0 saturated carbocycles. The van der Waals surface area contributed by atoms with Gasteiger partial charge in [-0.3, -0.25) is 4.79 Å². The molecule has 0 radical (unpaired) electrons. The summed E-state index contributed by atoms with van der Waals surface area (Å²) in [6.45, 7) is 0. The minimum atomic E-state index is -0.883. The Bertz CT molecular complexity index is 1790. The van der Waals surface area contributed by atoms with Crippen LogP contribution in [-0.4, -0.2) is 16.9 Å². The summed E-state index contributed by atoms with van der Waals surface area (Å²) in [5, 5.41) is 15.3. The van der Waals surface area contributed by atoms with Crippen LogP contribution >= 0.6 is 0 Å². The molecule has 7 rings (SSSR count). The minimum absolute atomic E-state index is 0.134. The lowest BCUT2D eigenvalue weighted by Crippen LogP contribution is -2.09. The molecule has 1 aliphatic rings. The number of carbonyl (C=O) groups excluding carboxylic acids is 1. The summed E-state index contributed by atoms with van der Waals surface area (Å²) >= 11 is 0. The zero-order valence-corrected chi connectivity index (χ0v) is 18.7. The van der Waals surface area contributed by atoms with E-state index in [-0.39, 0.29) is 5.78 Å². The quantitative estimate of drug-likeness (QED) is 0.259. The molecule has 0 bridgehead atoms. The zero-order valence-electron chi connectivity index (χ0n) is 18.7. The first kappa shape index (κ1) is 20.8. The van der Waals surface area contributed by atoms with E-state index >= 15 is 0 Å². The van der Waals surface area contributed by atoms with Crippen LogP contribution in [0.15, 0.2) is 115 Å². The molecule has 0 fully saturated rings. The Morgan fingerprint density at radius 3 is 1.80 bits per heavy atom. The number of carbonyl (C=O) groups is 2. The molecule has 0 aromatic heterocycles. The minimum Gasteiger partial charge on any atom is -0.478 e. The number of ketones is 1. The van der Waals surface area contributed by atoms with Gasteiger partial charge >= 0.3 is 5.97 Å². The molecule has 6 aromatic rings. The molecule has 0 saturated heterocycles. The van der Waals surface area contributed by atoms with Crippen molar-refractivity contribution in [2.75, 3.05) is 0 Å². The Hall–Kier alpha value is -4.76. The molecule has 0 spiro atoms. The first-order valence-electron chi connectivity index (χ1n) is 11.4. The lowest BCUT2D eigenvalue weighted by molar-refractivity contribution is 0.0699. The van der Waals surface area contributed by atoms with E-state index in [0.29, 0.717) is 5.56 Å². The summed E-state index contributed by atoms with van der Waals surface area (Å²) in [6, 6.07) is 37.3. The van der Waals surface area contributed by atoms with Gasteiger partial charge in [0, 0.05) is 16.5 Å². The summed E-state index contributed by atoms with van der Waals surface area (Å²) in [5.41, 5.74) is 4.20. The van der Waals surface area contributed by atoms with Crippen molar-refractivity contribution >= 4 is 44.1 Å². The largest absolute Gasteiger partial charge is 0.478 e. The van der Waals surface area contributed by atoms with Crippen LogP contribution in [0.4, 0.5) is 0 Å². The number of hydrogen-bond donors (Lipinski definition) is 1. The third kappa shape index (κ3) is 3.46. The summed E-state index contributed by atoms with van der Waals surface area (Å²) in [7, 11) is 0. The fraction of sp³-hybridized carbons (Fsp3) is 0. The van der Waals surface area contributed by atoms with Crippen LogP contribution in [0.3, 0.4) is 0 Å². The maximum absolute atomic E-state index is 12.5. The standard InChI is InChI=1S/C17H10O.C15H10O2/c18-17-14-8-2-1-7-12(14)13-9-3-5-11-6-4-10-15(17)16(11)13;16-15(17)13-7-3-6-12-8-10-4-1-2-5-11(10)9-14(12)13/h1-10H;1-9H,(H,16,17). The zero-order chi connectivity index (χ0) is 23.9. The van der Waals surface area contributed by atoms with Crippen LogP contribution < -0.4 is 0 Å². The summed E-state index contributed by atoms with van der Waals surface area (Å²) in [4.78, 5) is 23.6. The van der Waals surface area contributed by atoms with E-state index in [9.17, 15) is 9.59 Å². The molecule has 0 aliphatic heterocycles. The Labute approximate surface area is 201 Å². The van der Waals surface area contributed by atoms with Gasteiger partial charge < -0.3 is 5.11 Å². The van der Waals surface area contributed by atoms with Crippen LogP contribution in [0.5, 0.6) is 0 Å². The van der Waals surface area contributed by atoms with Gasteiger partial charge in [-0.2, -0.15) is 0 Å². The van der Waals surface area contributed by atoms with Gasteiger partial charge in [-0.15, -0.1) is 0 Å². The Morgan fingerprint density at radius 2 is 1.06 bits per heavy atom. The summed E-state index contributed by atoms with van der Waals surface area (Å²) in [5.74, 6) is -0.749. The second kappa shape index (κ2) is 8.23. The van der Waals surface area contributed by atoms with Crippen molar-refractivity contribution in [3.8, 4) is 11.1 Å². The monoisotopic (exact) mass is 452 g/mol. The number of carboxylic acid groups (broad SMARTS) is 1. The summed E-state index contributed by atoms with van der Waals surface area (Å²) in [6.07, 6.45) is 0. The number of fused-ring (bicyclic) bond motifs is 4.